The van der Waals surface area contributed by atoms with E-state index in [9.17, 15) is 9.59 Å². The first-order chi connectivity index (χ1) is 14.0. The molecule has 7 nitrogen and oxygen atoms in total. The van der Waals surface area contributed by atoms with Crippen LogP contribution in [0.5, 0.6) is 11.5 Å². The van der Waals surface area contributed by atoms with Gasteiger partial charge in [-0.2, -0.15) is 5.26 Å². The van der Waals surface area contributed by atoms with Crippen LogP contribution in [0, 0.1) is 11.3 Å². The van der Waals surface area contributed by atoms with E-state index in [0.29, 0.717) is 35.2 Å². The molecular weight excluding hydrogens is 396 g/mol. The van der Waals surface area contributed by atoms with Gasteiger partial charge in [-0.25, -0.2) is 4.79 Å². The van der Waals surface area contributed by atoms with Gasteiger partial charge in [0.05, 0.1) is 6.61 Å². The molecule has 0 fully saturated rings. The van der Waals surface area contributed by atoms with Gasteiger partial charge in [0.2, 0.25) is 0 Å². The van der Waals surface area contributed by atoms with E-state index in [-0.39, 0.29) is 12.2 Å². The number of halogens is 1. The molecule has 0 spiro atoms. The van der Waals surface area contributed by atoms with Gasteiger partial charge in [-0.3, -0.25) is 4.79 Å². The highest BCUT2D eigenvalue weighted by molar-refractivity contribution is 6.30. The summed E-state index contributed by atoms with van der Waals surface area (Å²) in [6.07, 6.45) is 1.44. The zero-order valence-electron chi connectivity index (χ0n) is 15.7. The van der Waals surface area contributed by atoms with Crippen molar-refractivity contribution in [3.05, 3.63) is 64.7 Å². The van der Waals surface area contributed by atoms with E-state index in [2.05, 4.69) is 5.32 Å². The number of benzene rings is 2. The number of nitrogens with one attached hydrogen (secondary N) is 1. The fourth-order valence-electron chi connectivity index (χ4n) is 2.17. The van der Waals surface area contributed by atoms with Gasteiger partial charge < -0.3 is 19.5 Å². The predicted molar refractivity (Wildman–Crippen MR) is 107 cm³/mol. The highest BCUT2D eigenvalue weighted by Gasteiger charge is 2.09. The molecule has 0 heterocycles. The van der Waals surface area contributed by atoms with Crippen molar-refractivity contribution in [1.82, 2.24) is 5.32 Å². The summed E-state index contributed by atoms with van der Waals surface area (Å²) < 4.78 is 15.4. The van der Waals surface area contributed by atoms with E-state index >= 15 is 0 Å². The molecule has 8 heteroatoms. The first kappa shape index (κ1) is 22.0. The summed E-state index contributed by atoms with van der Waals surface area (Å²) in [6, 6.07) is 14.9. The van der Waals surface area contributed by atoms with Crippen LogP contribution in [-0.2, 0) is 14.3 Å². The van der Waals surface area contributed by atoms with Crippen LogP contribution in [-0.4, -0.2) is 38.7 Å². The van der Waals surface area contributed by atoms with Crippen LogP contribution in [0.2, 0.25) is 5.02 Å². The number of hydrogen-bond acceptors (Lipinski definition) is 6. The van der Waals surface area contributed by atoms with Crippen molar-refractivity contribution >= 4 is 29.6 Å². The second-order valence-electron chi connectivity index (χ2n) is 5.71. The van der Waals surface area contributed by atoms with Gasteiger partial charge in [0.25, 0.3) is 5.91 Å². The SMILES string of the molecule is COCCNC(=O)/C(C#N)=C/c1ccc(OC(=O)COc2cccc(Cl)c2)cc1. The summed E-state index contributed by atoms with van der Waals surface area (Å²) in [4.78, 5) is 23.8. The smallest absolute Gasteiger partial charge is 0.349 e. The van der Waals surface area contributed by atoms with Crippen LogP contribution in [0.15, 0.2) is 54.1 Å². The van der Waals surface area contributed by atoms with Crippen molar-refractivity contribution in [1.29, 1.82) is 5.26 Å². The maximum absolute atomic E-state index is 11.9. The van der Waals surface area contributed by atoms with E-state index in [4.69, 9.17) is 31.1 Å². The van der Waals surface area contributed by atoms with Crippen molar-refractivity contribution in [3.8, 4) is 17.6 Å². The summed E-state index contributed by atoms with van der Waals surface area (Å²) >= 11 is 5.85. The number of methoxy groups -OCH3 is 1. The van der Waals surface area contributed by atoms with Crippen LogP contribution in [0.4, 0.5) is 0 Å². The van der Waals surface area contributed by atoms with Crippen LogP contribution in [0.3, 0.4) is 0 Å². The third kappa shape index (κ3) is 7.66. The van der Waals surface area contributed by atoms with E-state index in [1.54, 1.807) is 48.5 Å². The van der Waals surface area contributed by atoms with Crippen LogP contribution in [0.1, 0.15) is 5.56 Å². The third-order valence-corrected chi connectivity index (χ3v) is 3.77. The average Bonchev–Trinajstić information content (AvgIpc) is 2.72. The van der Waals surface area contributed by atoms with Gasteiger partial charge >= 0.3 is 5.97 Å². The molecule has 29 heavy (non-hydrogen) atoms. The topological polar surface area (TPSA) is 97.6 Å². The molecule has 0 bridgehead atoms. The fourth-order valence-corrected chi connectivity index (χ4v) is 2.35. The molecule has 0 atom stereocenters. The van der Waals surface area contributed by atoms with Gasteiger partial charge in [0, 0.05) is 18.7 Å². The minimum Gasteiger partial charge on any atom is -0.482 e. The van der Waals surface area contributed by atoms with Crippen molar-refractivity contribution in [3.63, 3.8) is 0 Å². The quantitative estimate of drug-likeness (QED) is 0.223. The Kier molecular flexibility index (Phi) is 8.70. The van der Waals surface area contributed by atoms with E-state index < -0.39 is 11.9 Å². The van der Waals surface area contributed by atoms with Crippen LogP contribution < -0.4 is 14.8 Å². The number of nitriles is 1. The lowest BCUT2D eigenvalue weighted by molar-refractivity contribution is -0.136. The first-order valence-electron chi connectivity index (χ1n) is 8.60. The Bertz CT molecular complexity index is 919. The number of esters is 1. The number of hydrogen-bond donors (Lipinski definition) is 1. The highest BCUT2D eigenvalue weighted by Crippen LogP contribution is 2.18. The summed E-state index contributed by atoms with van der Waals surface area (Å²) in [5, 5.41) is 12.2. The largest absolute Gasteiger partial charge is 0.482 e. The number of nitrogens with zero attached hydrogens (tertiary/aromatic N) is 1. The lowest BCUT2D eigenvalue weighted by atomic mass is 10.1. The molecule has 0 aliphatic heterocycles. The van der Waals surface area contributed by atoms with Gasteiger partial charge in [0.1, 0.15) is 23.1 Å². The van der Waals surface area contributed by atoms with Crippen LogP contribution in [0.25, 0.3) is 6.08 Å². The second kappa shape index (κ2) is 11.5. The molecule has 1 amide bonds. The van der Waals surface area contributed by atoms with Gasteiger partial charge in [0.15, 0.2) is 6.61 Å². The molecule has 0 aromatic heterocycles. The normalized spacial score (nSPS) is 10.7. The summed E-state index contributed by atoms with van der Waals surface area (Å²) in [5.74, 6) is -0.297. The maximum Gasteiger partial charge on any atom is 0.349 e. The number of ether oxygens (including phenoxy) is 3. The number of rotatable bonds is 9. The average molecular weight is 415 g/mol. The number of carbonyl (C=O) groups excluding carboxylic acids is 2. The van der Waals surface area contributed by atoms with Gasteiger partial charge in [-0.05, 0) is 42.0 Å². The monoisotopic (exact) mass is 414 g/mol. The Morgan fingerprint density at radius 1 is 1.17 bits per heavy atom. The minimum atomic E-state index is -0.580. The maximum atomic E-state index is 11.9. The van der Waals surface area contributed by atoms with E-state index in [0.717, 1.165) is 0 Å². The summed E-state index contributed by atoms with van der Waals surface area (Å²) in [5.41, 5.74) is 0.569. The van der Waals surface area contributed by atoms with Crippen molar-refractivity contribution < 1.29 is 23.8 Å². The molecule has 0 aliphatic rings. The van der Waals surface area contributed by atoms with Gasteiger partial charge in [-0.1, -0.05) is 29.8 Å². The lowest BCUT2D eigenvalue weighted by Crippen LogP contribution is -2.27. The zero-order chi connectivity index (χ0) is 21.1. The molecule has 0 aliphatic carbocycles. The molecule has 0 saturated carbocycles. The van der Waals surface area contributed by atoms with E-state index in [1.165, 1.54) is 13.2 Å². The summed E-state index contributed by atoms with van der Waals surface area (Å²) in [7, 11) is 1.52. The highest BCUT2D eigenvalue weighted by atomic mass is 35.5. The van der Waals surface area contributed by atoms with Crippen molar-refractivity contribution in [2.24, 2.45) is 0 Å². The minimum absolute atomic E-state index is 0.0410. The Morgan fingerprint density at radius 3 is 2.59 bits per heavy atom. The predicted octanol–water partition coefficient (Wildman–Crippen LogP) is 2.99. The zero-order valence-corrected chi connectivity index (χ0v) is 16.4. The molecule has 0 saturated heterocycles. The molecule has 2 aromatic carbocycles. The van der Waals surface area contributed by atoms with Crippen molar-refractivity contribution in [2.45, 2.75) is 0 Å². The molecule has 2 rings (SSSR count). The fraction of sp³-hybridized carbons (Fsp3) is 0.190. The van der Waals surface area contributed by atoms with Gasteiger partial charge in [-0.15, -0.1) is 0 Å². The molecular formula is C21H19ClN2O5. The molecule has 1 N–H and O–H groups in total. The first-order valence-corrected chi connectivity index (χ1v) is 8.97. The second-order valence-corrected chi connectivity index (χ2v) is 6.14. The summed E-state index contributed by atoms with van der Waals surface area (Å²) in [6.45, 7) is 0.383. The molecule has 2 aromatic rings. The molecule has 0 unspecified atom stereocenters. The Hall–Kier alpha value is -3.34. The van der Waals surface area contributed by atoms with Crippen molar-refractivity contribution in [2.75, 3.05) is 26.9 Å². The molecule has 0 radical (unpaired) electrons. The van der Waals surface area contributed by atoms with E-state index in [1.807, 2.05) is 6.07 Å². The molecule has 150 valence electrons. The standard InChI is InChI=1S/C21H19ClN2O5/c1-27-10-9-24-21(26)16(13-23)11-15-5-7-18(8-6-15)29-20(25)14-28-19-4-2-3-17(22)12-19/h2-8,11-12H,9-10,14H2,1H3,(H,24,26)/b16-11+. The lowest BCUT2D eigenvalue weighted by Gasteiger charge is -2.07. The number of carbonyl (C=O) groups is 2. The number of amides is 1. The van der Waals surface area contributed by atoms with Crippen LogP contribution >= 0.6 is 11.6 Å². The Morgan fingerprint density at radius 2 is 1.93 bits per heavy atom. The third-order valence-electron chi connectivity index (χ3n) is 3.53. The Balaban J connectivity index is 1.90. The Labute approximate surface area is 173 Å².